The predicted molar refractivity (Wildman–Crippen MR) is 96.4 cm³/mol. The molecule has 1 unspecified atom stereocenters. The summed E-state index contributed by atoms with van der Waals surface area (Å²) in [5, 5.41) is 13.3. The van der Waals surface area contributed by atoms with E-state index < -0.39 is 0 Å². The number of nitrogens with zero attached hydrogens (tertiary/aromatic N) is 4. The Morgan fingerprint density at radius 3 is 3.08 bits per heavy atom. The van der Waals surface area contributed by atoms with Gasteiger partial charge in [0.1, 0.15) is 18.2 Å². The van der Waals surface area contributed by atoms with Crippen molar-refractivity contribution in [2.45, 2.75) is 32.2 Å². The van der Waals surface area contributed by atoms with E-state index in [1.54, 1.807) is 18.5 Å². The van der Waals surface area contributed by atoms with E-state index in [0.29, 0.717) is 10.6 Å². The molecule has 124 valence electrons. The van der Waals surface area contributed by atoms with Crippen molar-refractivity contribution in [2.24, 2.45) is 0 Å². The highest BCUT2D eigenvalue weighted by Gasteiger charge is 2.22. The molecule has 1 aromatic carbocycles. The fraction of sp³-hybridized carbons (Fsp3) is 0.389. The number of aromatic nitrogens is 2. The number of nitriles is 1. The molecule has 0 radical (unpaired) electrons. The first-order valence-corrected chi connectivity index (χ1v) is 8.60. The van der Waals surface area contributed by atoms with E-state index in [0.717, 1.165) is 49.6 Å². The quantitative estimate of drug-likeness (QED) is 0.919. The smallest absolute Gasteiger partial charge is 0.132 e. The third-order valence-electron chi connectivity index (χ3n) is 4.30. The van der Waals surface area contributed by atoms with E-state index in [1.165, 1.54) is 0 Å². The van der Waals surface area contributed by atoms with E-state index in [1.807, 2.05) is 6.07 Å². The summed E-state index contributed by atoms with van der Waals surface area (Å²) in [7, 11) is 0. The van der Waals surface area contributed by atoms with Crippen LogP contribution in [0.5, 0.6) is 0 Å². The lowest BCUT2D eigenvalue weighted by atomic mass is 10.0. The average molecular weight is 342 g/mol. The number of hydrogen-bond donors (Lipinski definition) is 1. The maximum absolute atomic E-state index is 9.28. The van der Waals surface area contributed by atoms with Gasteiger partial charge in [-0.3, -0.25) is 0 Å². The van der Waals surface area contributed by atoms with Crippen LogP contribution in [0.1, 0.15) is 31.0 Å². The van der Waals surface area contributed by atoms with Crippen molar-refractivity contribution in [3.63, 3.8) is 0 Å². The number of hydrogen-bond acceptors (Lipinski definition) is 5. The number of para-hydroxylation sites is 1. The maximum Gasteiger partial charge on any atom is 0.132 e. The molecule has 6 heteroatoms. The van der Waals surface area contributed by atoms with Crippen LogP contribution < -0.4 is 10.2 Å². The van der Waals surface area contributed by atoms with Gasteiger partial charge in [0.15, 0.2) is 0 Å². The largest absolute Gasteiger partial charge is 0.378 e. The van der Waals surface area contributed by atoms with Crippen LogP contribution in [0, 0.1) is 11.3 Å². The minimum absolute atomic E-state index is 0.228. The van der Waals surface area contributed by atoms with Crippen molar-refractivity contribution in [3.05, 3.63) is 46.9 Å². The number of aryl methyl sites for hydroxylation is 1. The molecule has 1 aliphatic rings. The van der Waals surface area contributed by atoms with E-state index in [4.69, 9.17) is 11.6 Å². The van der Waals surface area contributed by atoms with Crippen LogP contribution in [-0.4, -0.2) is 29.1 Å². The zero-order chi connectivity index (χ0) is 16.9. The zero-order valence-electron chi connectivity index (χ0n) is 13.7. The summed E-state index contributed by atoms with van der Waals surface area (Å²) < 4.78 is 0. The lowest BCUT2D eigenvalue weighted by Crippen LogP contribution is -2.42. The molecule has 3 rings (SSSR count). The fourth-order valence-corrected chi connectivity index (χ4v) is 3.25. The van der Waals surface area contributed by atoms with Crippen LogP contribution >= 0.6 is 11.6 Å². The van der Waals surface area contributed by atoms with Gasteiger partial charge in [-0.1, -0.05) is 24.6 Å². The van der Waals surface area contributed by atoms with Crippen LogP contribution in [0.2, 0.25) is 5.02 Å². The Balaban J connectivity index is 1.76. The second kappa shape index (κ2) is 7.50. The van der Waals surface area contributed by atoms with E-state index in [9.17, 15) is 5.26 Å². The molecule has 5 nitrogen and oxygen atoms in total. The van der Waals surface area contributed by atoms with E-state index in [2.05, 4.69) is 39.2 Å². The summed E-state index contributed by atoms with van der Waals surface area (Å²) in [5.74, 6) is 0.966. The molecule has 2 heterocycles. The van der Waals surface area contributed by atoms with Crippen LogP contribution in [0.4, 0.5) is 11.5 Å². The van der Waals surface area contributed by atoms with Crippen molar-refractivity contribution >= 4 is 23.1 Å². The number of anilines is 2. The molecule has 0 aliphatic carbocycles. The molecule has 1 fully saturated rings. The summed E-state index contributed by atoms with van der Waals surface area (Å²) >= 11 is 6.27. The van der Waals surface area contributed by atoms with Gasteiger partial charge >= 0.3 is 0 Å². The number of nitrogens with one attached hydrogen (secondary N) is 1. The topological polar surface area (TPSA) is 64.8 Å². The molecule has 24 heavy (non-hydrogen) atoms. The second-order valence-electron chi connectivity index (χ2n) is 5.92. The molecular formula is C18H20ClN5. The van der Waals surface area contributed by atoms with Gasteiger partial charge in [-0.25, -0.2) is 9.97 Å². The zero-order valence-corrected chi connectivity index (χ0v) is 14.4. The Hall–Kier alpha value is -2.32. The summed E-state index contributed by atoms with van der Waals surface area (Å²) in [6.45, 7) is 3.90. The molecule has 2 aromatic rings. The third-order valence-corrected chi connectivity index (χ3v) is 4.61. The van der Waals surface area contributed by atoms with Gasteiger partial charge in [-0.05, 0) is 31.4 Å². The summed E-state index contributed by atoms with van der Waals surface area (Å²) in [5.41, 5.74) is 2.35. The molecule has 0 bridgehead atoms. The van der Waals surface area contributed by atoms with Crippen LogP contribution in [-0.2, 0) is 6.42 Å². The van der Waals surface area contributed by atoms with Gasteiger partial charge in [0.05, 0.1) is 16.3 Å². The third kappa shape index (κ3) is 3.60. The van der Waals surface area contributed by atoms with Crippen molar-refractivity contribution in [3.8, 4) is 6.07 Å². The molecule has 0 spiro atoms. The van der Waals surface area contributed by atoms with Gasteiger partial charge in [-0.2, -0.15) is 5.26 Å². The maximum atomic E-state index is 9.28. The minimum atomic E-state index is 0.228. The first-order valence-electron chi connectivity index (χ1n) is 8.22. The van der Waals surface area contributed by atoms with Crippen molar-refractivity contribution < 1.29 is 0 Å². The lowest BCUT2D eigenvalue weighted by Gasteiger charge is -2.34. The van der Waals surface area contributed by atoms with Gasteiger partial charge in [0.2, 0.25) is 0 Å². The van der Waals surface area contributed by atoms with Gasteiger partial charge < -0.3 is 10.2 Å². The summed E-state index contributed by atoms with van der Waals surface area (Å²) in [4.78, 5) is 10.9. The van der Waals surface area contributed by atoms with Gasteiger partial charge in [-0.15, -0.1) is 0 Å². The first-order chi connectivity index (χ1) is 11.7. The highest BCUT2D eigenvalue weighted by Crippen LogP contribution is 2.28. The van der Waals surface area contributed by atoms with Gasteiger partial charge in [0, 0.05) is 30.9 Å². The molecule has 1 aliphatic heterocycles. The number of halogens is 1. The normalized spacial score (nSPS) is 17.4. The molecule has 0 saturated carbocycles. The first kappa shape index (κ1) is 16.5. The Labute approximate surface area is 147 Å². The predicted octanol–water partition coefficient (Wildman–Crippen LogP) is 3.64. The van der Waals surface area contributed by atoms with E-state index >= 15 is 0 Å². The monoisotopic (exact) mass is 341 g/mol. The summed E-state index contributed by atoms with van der Waals surface area (Å²) in [6, 6.07) is 9.88. The van der Waals surface area contributed by atoms with Crippen LogP contribution in [0.3, 0.4) is 0 Å². The number of piperidine rings is 1. The Kier molecular flexibility index (Phi) is 5.17. The van der Waals surface area contributed by atoms with Crippen molar-refractivity contribution in [1.82, 2.24) is 9.97 Å². The van der Waals surface area contributed by atoms with Crippen molar-refractivity contribution in [2.75, 3.05) is 23.3 Å². The highest BCUT2D eigenvalue weighted by atomic mass is 35.5. The van der Waals surface area contributed by atoms with E-state index in [-0.39, 0.29) is 6.04 Å². The molecule has 1 N–H and O–H groups in total. The Morgan fingerprint density at radius 1 is 1.42 bits per heavy atom. The Morgan fingerprint density at radius 2 is 2.29 bits per heavy atom. The van der Waals surface area contributed by atoms with Crippen LogP contribution in [0.25, 0.3) is 0 Å². The second-order valence-corrected chi connectivity index (χ2v) is 6.33. The average Bonchev–Trinajstić information content (AvgIpc) is 2.63. The Bertz CT molecular complexity index is 755. The lowest BCUT2D eigenvalue weighted by molar-refractivity contribution is 0.526. The fourth-order valence-electron chi connectivity index (χ4n) is 3.02. The van der Waals surface area contributed by atoms with Crippen LogP contribution in [0.15, 0.2) is 30.6 Å². The van der Waals surface area contributed by atoms with Gasteiger partial charge in [0.25, 0.3) is 0 Å². The number of rotatable bonds is 4. The molecule has 0 amide bonds. The summed E-state index contributed by atoms with van der Waals surface area (Å²) in [6.07, 6.45) is 4.64. The SMILES string of the molecule is CCc1cc(N2CCCC(Nc3c(Cl)cccc3C#N)C2)ncn1. The van der Waals surface area contributed by atoms with Crippen molar-refractivity contribution in [1.29, 1.82) is 5.26 Å². The minimum Gasteiger partial charge on any atom is -0.378 e. The number of benzene rings is 1. The highest BCUT2D eigenvalue weighted by molar-refractivity contribution is 6.33. The molecule has 1 aromatic heterocycles. The molecule has 1 saturated heterocycles. The molecular weight excluding hydrogens is 322 g/mol. The standard InChI is InChI=1S/C18H20ClN5/c1-2-14-9-17(22-12-21-14)24-8-4-6-15(11-24)23-18-13(10-20)5-3-7-16(18)19/h3,5,7,9,12,15,23H,2,4,6,8,11H2,1H3. The molecule has 1 atom stereocenters.